The lowest BCUT2D eigenvalue weighted by Crippen LogP contribution is -2.39. The van der Waals surface area contributed by atoms with Crippen molar-refractivity contribution >= 4 is 5.97 Å². The highest BCUT2D eigenvalue weighted by Gasteiger charge is 2.53. The number of unbranched alkanes of at least 4 members (excludes halogenated alkanes) is 11. The monoisotopic (exact) mass is 489 g/mol. The third kappa shape index (κ3) is 8.46. The predicted molar refractivity (Wildman–Crippen MR) is 133 cm³/mol. The van der Waals surface area contributed by atoms with E-state index in [4.69, 9.17) is 19.6 Å². The minimum atomic E-state index is -0.698. The smallest absolute Gasteiger partial charge is 0.306 e. The summed E-state index contributed by atoms with van der Waals surface area (Å²) in [6.45, 7) is 1.99. The molecule has 0 bridgehead atoms. The molecule has 0 saturated carbocycles. The Morgan fingerprint density at radius 2 is 1.74 bits per heavy atom. The first kappa shape index (κ1) is 27.4. The number of aliphatic hydroxyl groups is 1. The highest BCUT2D eigenvalue weighted by atomic mass is 16.7. The summed E-state index contributed by atoms with van der Waals surface area (Å²) in [6.07, 6.45) is 20.0. The molecule has 2 aliphatic rings. The minimum absolute atomic E-state index is 0.0904. The van der Waals surface area contributed by atoms with Gasteiger partial charge in [-0.05, 0) is 38.2 Å². The molecule has 0 aromatic carbocycles. The van der Waals surface area contributed by atoms with Gasteiger partial charge in [0.2, 0.25) is 0 Å². The van der Waals surface area contributed by atoms with Gasteiger partial charge >= 0.3 is 12.0 Å². The third-order valence-corrected chi connectivity index (χ3v) is 6.72. The van der Waals surface area contributed by atoms with Gasteiger partial charge in [-0.15, -0.1) is 0 Å². The molecular weight excluding hydrogens is 446 g/mol. The van der Waals surface area contributed by atoms with E-state index in [1.165, 1.54) is 57.8 Å². The van der Waals surface area contributed by atoms with E-state index in [2.05, 4.69) is 24.1 Å². The van der Waals surface area contributed by atoms with Gasteiger partial charge in [-0.25, -0.2) is 0 Å². The SMILES string of the molecule is CCCCCCCC/C=C\CCCCCCCC(=O)O[C@H]1[C@@H]2Oc3nc(=N)ccn3[C@@H]2O[C@@H]1CO. The summed E-state index contributed by atoms with van der Waals surface area (Å²) < 4.78 is 19.0. The van der Waals surface area contributed by atoms with Gasteiger partial charge in [-0.3, -0.25) is 14.8 Å². The van der Waals surface area contributed by atoms with Crippen LogP contribution in [0.1, 0.15) is 103 Å². The fourth-order valence-electron chi connectivity index (χ4n) is 4.71. The average Bonchev–Trinajstić information content (AvgIpc) is 3.36. The van der Waals surface area contributed by atoms with Gasteiger partial charge in [-0.2, -0.15) is 4.98 Å². The number of hydrogen-bond donors (Lipinski definition) is 2. The molecule has 196 valence electrons. The molecule has 4 atom stereocenters. The second-order valence-corrected chi connectivity index (χ2v) is 9.62. The van der Waals surface area contributed by atoms with Crippen molar-refractivity contribution in [2.45, 2.75) is 121 Å². The summed E-state index contributed by atoms with van der Waals surface area (Å²) in [4.78, 5) is 16.5. The molecule has 3 heterocycles. The number of nitrogens with zero attached hydrogens (tertiary/aromatic N) is 2. The summed E-state index contributed by atoms with van der Waals surface area (Å²) in [7, 11) is 0. The van der Waals surface area contributed by atoms with E-state index in [0.29, 0.717) is 6.42 Å². The number of carbonyl (C=O) groups excluding carboxylic acids is 1. The van der Waals surface area contributed by atoms with Gasteiger partial charge in [0, 0.05) is 12.6 Å². The van der Waals surface area contributed by atoms with E-state index < -0.39 is 24.5 Å². The van der Waals surface area contributed by atoms with E-state index in [1.807, 2.05) is 0 Å². The first-order valence-corrected chi connectivity index (χ1v) is 13.5. The summed E-state index contributed by atoms with van der Waals surface area (Å²) in [5.74, 6) is -0.297. The zero-order valence-electron chi connectivity index (χ0n) is 21.2. The molecule has 3 rings (SSSR count). The second-order valence-electron chi connectivity index (χ2n) is 9.62. The number of carbonyl (C=O) groups is 1. The maximum absolute atomic E-state index is 12.4. The van der Waals surface area contributed by atoms with Crippen molar-refractivity contribution < 1.29 is 24.1 Å². The molecule has 2 N–H and O–H groups in total. The van der Waals surface area contributed by atoms with Crippen LogP contribution in [0.4, 0.5) is 0 Å². The van der Waals surface area contributed by atoms with Crippen molar-refractivity contribution in [1.82, 2.24) is 9.55 Å². The molecule has 1 saturated heterocycles. The number of rotatable bonds is 17. The van der Waals surface area contributed by atoms with E-state index in [9.17, 15) is 9.90 Å². The number of hydrogen-bond acceptors (Lipinski definition) is 7. The van der Waals surface area contributed by atoms with Crippen LogP contribution in [0, 0.1) is 5.41 Å². The predicted octanol–water partition coefficient (Wildman–Crippen LogP) is 4.96. The molecule has 0 spiro atoms. The van der Waals surface area contributed by atoms with Crippen molar-refractivity contribution in [2.24, 2.45) is 0 Å². The first-order chi connectivity index (χ1) is 17.1. The quantitative estimate of drug-likeness (QED) is 0.182. The average molecular weight is 490 g/mol. The van der Waals surface area contributed by atoms with Crippen molar-refractivity contribution in [3.05, 3.63) is 29.9 Å². The second kappa shape index (κ2) is 15.0. The molecular formula is C27H43N3O5. The number of allylic oxidation sites excluding steroid dienone is 2. The maximum atomic E-state index is 12.4. The Morgan fingerprint density at radius 1 is 1.09 bits per heavy atom. The Morgan fingerprint density at radius 3 is 2.43 bits per heavy atom. The van der Waals surface area contributed by atoms with Crippen molar-refractivity contribution in [1.29, 1.82) is 5.41 Å². The molecule has 1 fully saturated rings. The lowest BCUT2D eigenvalue weighted by molar-refractivity contribution is -0.156. The lowest BCUT2D eigenvalue weighted by Gasteiger charge is -2.20. The van der Waals surface area contributed by atoms with Crippen LogP contribution >= 0.6 is 0 Å². The van der Waals surface area contributed by atoms with Crippen LogP contribution in [0.5, 0.6) is 6.01 Å². The summed E-state index contributed by atoms with van der Waals surface area (Å²) in [5.41, 5.74) is 0.0904. The maximum Gasteiger partial charge on any atom is 0.306 e. The fraction of sp³-hybridized carbons (Fsp3) is 0.741. The molecule has 1 aromatic rings. The van der Waals surface area contributed by atoms with Crippen LogP contribution < -0.4 is 10.2 Å². The number of esters is 1. The highest BCUT2D eigenvalue weighted by molar-refractivity contribution is 5.69. The summed E-state index contributed by atoms with van der Waals surface area (Å²) >= 11 is 0. The van der Waals surface area contributed by atoms with Gasteiger partial charge < -0.3 is 19.3 Å². The molecule has 0 unspecified atom stereocenters. The van der Waals surface area contributed by atoms with Gasteiger partial charge in [0.05, 0.1) is 6.61 Å². The molecule has 0 aliphatic carbocycles. The Balaban J connectivity index is 1.23. The van der Waals surface area contributed by atoms with Crippen LogP contribution in [-0.2, 0) is 14.3 Å². The number of fused-ring (bicyclic) bond motifs is 3. The Hall–Kier alpha value is -2.19. The zero-order chi connectivity index (χ0) is 24.9. The summed E-state index contributed by atoms with van der Waals surface area (Å²) in [6, 6.07) is 1.81. The molecule has 0 amide bonds. The van der Waals surface area contributed by atoms with E-state index >= 15 is 0 Å². The van der Waals surface area contributed by atoms with Crippen LogP contribution in [0.15, 0.2) is 24.4 Å². The van der Waals surface area contributed by atoms with E-state index in [1.54, 1.807) is 16.8 Å². The number of ether oxygens (including phenoxy) is 3. The zero-order valence-corrected chi connectivity index (χ0v) is 21.2. The van der Waals surface area contributed by atoms with Crippen LogP contribution in [-0.4, -0.2) is 45.5 Å². The van der Waals surface area contributed by atoms with Crippen molar-refractivity contribution in [2.75, 3.05) is 6.61 Å². The minimum Gasteiger partial charge on any atom is -0.455 e. The van der Waals surface area contributed by atoms with Crippen molar-refractivity contribution in [3.8, 4) is 6.01 Å². The molecule has 8 nitrogen and oxygen atoms in total. The van der Waals surface area contributed by atoms with Gasteiger partial charge in [-0.1, -0.05) is 70.4 Å². The Kier molecular flexibility index (Phi) is 11.8. The molecule has 8 heteroatoms. The lowest BCUT2D eigenvalue weighted by atomic mass is 10.1. The number of aliphatic hydroxyl groups excluding tert-OH is 1. The molecule has 1 aromatic heterocycles. The molecule has 35 heavy (non-hydrogen) atoms. The Bertz CT molecular complexity index is 855. The van der Waals surface area contributed by atoms with Crippen LogP contribution in [0.25, 0.3) is 0 Å². The normalized spacial score (nSPS) is 22.8. The summed E-state index contributed by atoms with van der Waals surface area (Å²) in [5, 5.41) is 17.3. The van der Waals surface area contributed by atoms with E-state index in [-0.39, 0.29) is 24.1 Å². The van der Waals surface area contributed by atoms with Gasteiger partial charge in [0.1, 0.15) is 6.10 Å². The largest absolute Gasteiger partial charge is 0.455 e. The topological polar surface area (TPSA) is 107 Å². The van der Waals surface area contributed by atoms with Crippen LogP contribution in [0.2, 0.25) is 0 Å². The number of aromatic nitrogens is 2. The highest BCUT2D eigenvalue weighted by Crippen LogP contribution is 2.40. The first-order valence-electron chi connectivity index (χ1n) is 13.5. The van der Waals surface area contributed by atoms with E-state index in [0.717, 1.165) is 25.7 Å². The van der Waals surface area contributed by atoms with Crippen LogP contribution in [0.3, 0.4) is 0 Å². The van der Waals surface area contributed by atoms with Crippen molar-refractivity contribution in [3.63, 3.8) is 0 Å². The standard InChI is InChI=1S/C27H43N3O5/c1-2-3-4-5-6-7-8-9-10-11-12-13-14-15-16-17-23(32)34-24-21(20-31)33-26-25(24)35-27-29-22(28)18-19-30(26)27/h9-10,18-19,21,24-26,28,31H,2-8,11-17,20H2,1H3/b10-9-,28-22?/t21-,24-,25+,26-/m1/s1. The van der Waals surface area contributed by atoms with Gasteiger partial charge in [0.25, 0.3) is 0 Å². The fourth-order valence-corrected chi connectivity index (χ4v) is 4.71. The third-order valence-electron chi connectivity index (χ3n) is 6.72. The Labute approximate surface area is 209 Å². The number of nitrogens with one attached hydrogen (secondary N) is 1. The van der Waals surface area contributed by atoms with Gasteiger partial charge in [0.15, 0.2) is 23.9 Å². The molecule has 0 radical (unpaired) electrons. The molecule has 2 aliphatic heterocycles.